The predicted molar refractivity (Wildman–Crippen MR) is 99.5 cm³/mol. The van der Waals surface area contributed by atoms with E-state index in [1.165, 1.54) is 12.1 Å². The first-order chi connectivity index (χ1) is 12.4. The fraction of sp³-hybridized carbons (Fsp3) is 0.429. The first-order valence-corrected chi connectivity index (χ1v) is 9.14. The summed E-state index contributed by atoms with van der Waals surface area (Å²) in [6, 6.07) is 10.5. The summed E-state index contributed by atoms with van der Waals surface area (Å²) in [6.45, 7) is 7.30. The number of piperazine rings is 1. The van der Waals surface area contributed by atoms with Crippen LogP contribution in [0, 0.1) is 11.2 Å². The van der Waals surface area contributed by atoms with Crippen LogP contribution in [0.15, 0.2) is 48.8 Å². The van der Waals surface area contributed by atoms with Crippen molar-refractivity contribution >= 4 is 11.6 Å². The smallest absolute Gasteiger partial charge is 0.233 e. The Morgan fingerprint density at radius 1 is 1.00 bits per heavy atom. The third-order valence-corrected chi connectivity index (χ3v) is 6.03. The first-order valence-electron chi connectivity index (χ1n) is 9.14. The van der Waals surface area contributed by atoms with Crippen molar-refractivity contribution in [2.45, 2.75) is 25.7 Å². The number of anilines is 1. The minimum absolute atomic E-state index is 0.0931. The molecule has 4 rings (SSSR count). The number of carbonyl (C=O) groups is 1. The van der Waals surface area contributed by atoms with Gasteiger partial charge in [-0.1, -0.05) is 26.0 Å². The number of nitrogens with zero attached hydrogens (tertiary/aromatic N) is 3. The maximum atomic E-state index is 13.4. The van der Waals surface area contributed by atoms with Gasteiger partial charge in [0.25, 0.3) is 0 Å². The molecule has 5 heteroatoms. The van der Waals surface area contributed by atoms with Crippen molar-refractivity contribution in [1.29, 1.82) is 0 Å². The van der Waals surface area contributed by atoms with Crippen LogP contribution in [-0.2, 0) is 10.2 Å². The van der Waals surface area contributed by atoms with Gasteiger partial charge in [-0.2, -0.15) is 0 Å². The zero-order valence-corrected chi connectivity index (χ0v) is 15.3. The van der Waals surface area contributed by atoms with E-state index in [1.54, 1.807) is 24.5 Å². The van der Waals surface area contributed by atoms with Crippen molar-refractivity contribution < 1.29 is 9.18 Å². The Hall–Kier alpha value is -2.43. The van der Waals surface area contributed by atoms with Crippen LogP contribution in [-0.4, -0.2) is 42.0 Å². The van der Waals surface area contributed by atoms with Crippen molar-refractivity contribution in [2.24, 2.45) is 5.41 Å². The Morgan fingerprint density at radius 3 is 2.12 bits per heavy atom. The molecule has 0 radical (unpaired) electrons. The van der Waals surface area contributed by atoms with E-state index in [4.69, 9.17) is 0 Å². The summed E-state index contributed by atoms with van der Waals surface area (Å²) in [5.41, 5.74) is 1.47. The summed E-state index contributed by atoms with van der Waals surface area (Å²) < 4.78 is 13.3. The Kier molecular flexibility index (Phi) is 3.98. The number of hydrogen-bond acceptors (Lipinski definition) is 3. The number of rotatable bonds is 3. The van der Waals surface area contributed by atoms with Crippen LogP contribution in [0.5, 0.6) is 0 Å². The second kappa shape index (κ2) is 6.08. The lowest BCUT2D eigenvalue weighted by Gasteiger charge is -2.38. The molecule has 1 aromatic heterocycles. The number of hydrogen-bond donors (Lipinski definition) is 0. The first kappa shape index (κ1) is 17.0. The van der Waals surface area contributed by atoms with E-state index in [0.29, 0.717) is 13.1 Å². The van der Waals surface area contributed by atoms with Gasteiger partial charge in [-0.15, -0.1) is 0 Å². The third-order valence-electron chi connectivity index (χ3n) is 6.03. The molecular formula is C21H24FN3O. The van der Waals surface area contributed by atoms with E-state index >= 15 is 0 Å². The molecule has 1 aliphatic carbocycles. The maximum absolute atomic E-state index is 13.4. The van der Waals surface area contributed by atoms with E-state index < -0.39 is 5.41 Å². The molecule has 0 spiro atoms. The molecule has 136 valence electrons. The van der Waals surface area contributed by atoms with Crippen molar-refractivity contribution in [3.63, 3.8) is 0 Å². The van der Waals surface area contributed by atoms with Crippen LogP contribution in [0.25, 0.3) is 0 Å². The molecule has 2 heterocycles. The summed E-state index contributed by atoms with van der Waals surface area (Å²) in [6.07, 6.45) is 4.40. The zero-order valence-electron chi connectivity index (χ0n) is 15.3. The number of carbonyl (C=O) groups excluding carboxylic acids is 1. The van der Waals surface area contributed by atoms with Crippen molar-refractivity contribution in [1.82, 2.24) is 9.88 Å². The Balaban J connectivity index is 1.51. The summed E-state index contributed by atoms with van der Waals surface area (Å²) in [7, 11) is 0. The van der Waals surface area contributed by atoms with Gasteiger partial charge in [-0.05, 0) is 41.7 Å². The summed E-state index contributed by atoms with van der Waals surface area (Å²) in [5.74, 6) is -0.0794. The molecule has 2 aliphatic rings. The zero-order chi connectivity index (χ0) is 18.4. The lowest BCUT2D eigenvalue weighted by molar-refractivity contribution is -0.135. The van der Waals surface area contributed by atoms with E-state index in [-0.39, 0.29) is 17.1 Å². The standard InChI is InChI=1S/C21H24FN3O/c1-20(2)15-21(20,16-3-5-17(22)6-4-16)19(26)25-13-11-24(12-14-25)18-7-9-23-10-8-18/h3-10H,11-15H2,1-2H3. The second-order valence-electron chi connectivity index (χ2n) is 7.96. The van der Waals surface area contributed by atoms with Crippen LogP contribution >= 0.6 is 0 Å². The molecule has 4 nitrogen and oxygen atoms in total. The van der Waals surface area contributed by atoms with Gasteiger partial charge in [0.2, 0.25) is 5.91 Å². The summed E-state index contributed by atoms with van der Waals surface area (Å²) in [4.78, 5) is 21.8. The molecular weight excluding hydrogens is 329 g/mol. The molecule has 2 fully saturated rings. The molecule has 1 aromatic carbocycles. The Labute approximate surface area is 153 Å². The average molecular weight is 353 g/mol. The lowest BCUT2D eigenvalue weighted by atomic mass is 9.86. The summed E-state index contributed by atoms with van der Waals surface area (Å²) in [5, 5.41) is 0. The highest BCUT2D eigenvalue weighted by Gasteiger charge is 2.68. The van der Waals surface area contributed by atoms with Crippen LogP contribution in [0.2, 0.25) is 0 Å². The van der Waals surface area contributed by atoms with Crippen LogP contribution in [0.4, 0.5) is 10.1 Å². The SMILES string of the molecule is CC1(C)CC1(C(=O)N1CCN(c2ccncc2)CC1)c1ccc(F)cc1. The molecule has 0 N–H and O–H groups in total. The lowest BCUT2D eigenvalue weighted by Crippen LogP contribution is -2.52. The van der Waals surface area contributed by atoms with Crippen molar-refractivity contribution in [3.05, 3.63) is 60.2 Å². The highest BCUT2D eigenvalue weighted by atomic mass is 19.1. The molecule has 1 atom stereocenters. The predicted octanol–water partition coefficient (Wildman–Crippen LogP) is 3.24. The minimum Gasteiger partial charge on any atom is -0.368 e. The minimum atomic E-state index is -0.514. The molecule has 1 saturated heterocycles. The number of amides is 1. The Morgan fingerprint density at radius 2 is 1.58 bits per heavy atom. The van der Waals surface area contributed by atoms with Gasteiger partial charge in [-0.3, -0.25) is 9.78 Å². The third kappa shape index (κ3) is 2.66. The van der Waals surface area contributed by atoms with Gasteiger partial charge in [0.05, 0.1) is 5.41 Å². The number of aromatic nitrogens is 1. The van der Waals surface area contributed by atoms with Gasteiger partial charge in [0, 0.05) is 44.3 Å². The van der Waals surface area contributed by atoms with E-state index in [2.05, 4.69) is 23.7 Å². The van der Waals surface area contributed by atoms with Gasteiger partial charge in [0.15, 0.2) is 0 Å². The largest absolute Gasteiger partial charge is 0.368 e. The molecule has 0 bridgehead atoms. The van der Waals surface area contributed by atoms with Gasteiger partial charge in [-0.25, -0.2) is 4.39 Å². The maximum Gasteiger partial charge on any atom is 0.233 e. The van der Waals surface area contributed by atoms with Crippen LogP contribution in [0.3, 0.4) is 0 Å². The second-order valence-corrected chi connectivity index (χ2v) is 7.96. The van der Waals surface area contributed by atoms with Crippen molar-refractivity contribution in [3.8, 4) is 0 Å². The molecule has 1 amide bonds. The topological polar surface area (TPSA) is 36.4 Å². The highest BCUT2D eigenvalue weighted by molar-refractivity contribution is 5.93. The molecule has 2 aromatic rings. The summed E-state index contributed by atoms with van der Waals surface area (Å²) >= 11 is 0. The van der Waals surface area contributed by atoms with E-state index in [1.807, 2.05) is 17.0 Å². The average Bonchev–Trinajstić information content (AvgIpc) is 3.26. The molecule has 1 unspecified atom stereocenters. The highest BCUT2D eigenvalue weighted by Crippen LogP contribution is 2.65. The van der Waals surface area contributed by atoms with Crippen LogP contribution < -0.4 is 4.90 Å². The monoisotopic (exact) mass is 353 g/mol. The fourth-order valence-electron chi connectivity index (χ4n) is 4.33. The van der Waals surface area contributed by atoms with Crippen LogP contribution in [0.1, 0.15) is 25.8 Å². The molecule has 1 saturated carbocycles. The number of pyridine rings is 1. The normalized spacial score (nSPS) is 24.4. The Bertz CT molecular complexity index is 798. The van der Waals surface area contributed by atoms with E-state index in [9.17, 15) is 9.18 Å². The number of halogens is 1. The van der Waals surface area contributed by atoms with Crippen molar-refractivity contribution in [2.75, 3.05) is 31.1 Å². The van der Waals surface area contributed by atoms with E-state index in [0.717, 1.165) is 30.8 Å². The quantitative estimate of drug-likeness (QED) is 0.850. The van der Waals surface area contributed by atoms with Gasteiger partial charge >= 0.3 is 0 Å². The fourth-order valence-corrected chi connectivity index (χ4v) is 4.33. The molecule has 26 heavy (non-hydrogen) atoms. The molecule has 1 aliphatic heterocycles. The van der Waals surface area contributed by atoms with Gasteiger partial charge in [0.1, 0.15) is 5.82 Å². The number of benzene rings is 1. The van der Waals surface area contributed by atoms with Gasteiger partial charge < -0.3 is 9.80 Å².